The van der Waals surface area contributed by atoms with Gasteiger partial charge in [-0.15, -0.1) is 11.3 Å². The Kier molecular flexibility index (Phi) is 9.05. The minimum Gasteiger partial charge on any atom is -0.488 e. The van der Waals surface area contributed by atoms with Crippen LogP contribution in [0.15, 0.2) is 60.0 Å². The third-order valence-corrected chi connectivity index (χ3v) is 7.80. The van der Waals surface area contributed by atoms with E-state index in [0.29, 0.717) is 23.8 Å². The van der Waals surface area contributed by atoms with Crippen LogP contribution in [-0.4, -0.2) is 48.0 Å². The van der Waals surface area contributed by atoms with E-state index in [4.69, 9.17) is 16.3 Å². The Labute approximate surface area is 226 Å². The van der Waals surface area contributed by atoms with Crippen molar-refractivity contribution in [3.05, 3.63) is 81.3 Å². The van der Waals surface area contributed by atoms with Gasteiger partial charge in [-0.25, -0.2) is 9.18 Å². The highest BCUT2D eigenvalue weighted by molar-refractivity contribution is 7.10. The standard InChI is InChI=1S/C28H31ClFN3O3S/c1-3-19(2)16-32(28(35)31-21-8-6-7-20(29)15-21)17-27(34)33-13-11-26-22(12-14-37-26)24(33)18-36-25-10-5-4-9-23(25)30/h4-10,12,14-15,19,24H,3,11,13,16-18H2,1-2H3,(H,31,35)/t19-,24-/m0/s1. The molecule has 0 aliphatic carbocycles. The molecule has 1 aliphatic rings. The van der Waals surface area contributed by atoms with Gasteiger partial charge in [0.25, 0.3) is 0 Å². The van der Waals surface area contributed by atoms with Gasteiger partial charge in [0.05, 0.1) is 6.04 Å². The molecule has 1 aromatic heterocycles. The number of halogens is 2. The van der Waals surface area contributed by atoms with Crippen LogP contribution in [0.2, 0.25) is 5.02 Å². The molecule has 0 saturated carbocycles. The highest BCUT2D eigenvalue weighted by Crippen LogP contribution is 2.34. The van der Waals surface area contributed by atoms with Gasteiger partial charge in [-0.1, -0.05) is 50.1 Å². The number of rotatable bonds is 9. The van der Waals surface area contributed by atoms with E-state index in [1.165, 1.54) is 10.9 Å². The number of anilines is 1. The summed E-state index contributed by atoms with van der Waals surface area (Å²) in [5.41, 5.74) is 1.58. The Bertz CT molecular complexity index is 1240. The van der Waals surface area contributed by atoms with Gasteiger partial charge in [0, 0.05) is 28.7 Å². The first-order chi connectivity index (χ1) is 17.9. The minimum atomic E-state index is -0.445. The zero-order valence-electron chi connectivity index (χ0n) is 21.0. The molecular weight excluding hydrogens is 513 g/mol. The summed E-state index contributed by atoms with van der Waals surface area (Å²) in [6.07, 6.45) is 1.60. The molecule has 4 rings (SSSR count). The molecule has 2 heterocycles. The summed E-state index contributed by atoms with van der Waals surface area (Å²) in [4.78, 5) is 31.4. The number of para-hydroxylation sites is 1. The molecule has 9 heteroatoms. The summed E-state index contributed by atoms with van der Waals surface area (Å²) in [5, 5.41) is 5.38. The number of nitrogens with zero attached hydrogens (tertiary/aromatic N) is 2. The summed E-state index contributed by atoms with van der Waals surface area (Å²) >= 11 is 7.72. The zero-order valence-corrected chi connectivity index (χ0v) is 22.5. The largest absolute Gasteiger partial charge is 0.488 e. The predicted molar refractivity (Wildman–Crippen MR) is 146 cm³/mol. The molecule has 6 nitrogen and oxygen atoms in total. The third-order valence-electron chi connectivity index (χ3n) is 6.57. The maximum absolute atomic E-state index is 14.2. The van der Waals surface area contributed by atoms with Crippen LogP contribution in [0, 0.1) is 11.7 Å². The molecule has 0 fully saturated rings. The monoisotopic (exact) mass is 543 g/mol. The number of urea groups is 1. The van der Waals surface area contributed by atoms with Crippen LogP contribution < -0.4 is 10.1 Å². The summed E-state index contributed by atoms with van der Waals surface area (Å²) in [5.74, 6) is -0.262. The van der Waals surface area contributed by atoms with E-state index in [0.717, 1.165) is 18.4 Å². The first kappa shape index (κ1) is 26.9. The number of nitrogens with one attached hydrogen (secondary N) is 1. The maximum atomic E-state index is 14.2. The first-order valence-corrected chi connectivity index (χ1v) is 13.7. The Hall–Kier alpha value is -3.10. The lowest BCUT2D eigenvalue weighted by Gasteiger charge is -2.37. The Morgan fingerprint density at radius 2 is 2.05 bits per heavy atom. The van der Waals surface area contributed by atoms with Crippen LogP contribution >= 0.6 is 22.9 Å². The molecular formula is C28H31ClFN3O3S. The van der Waals surface area contributed by atoms with Crippen LogP contribution in [0.5, 0.6) is 5.75 Å². The third kappa shape index (κ3) is 6.81. The highest BCUT2D eigenvalue weighted by atomic mass is 35.5. The Balaban J connectivity index is 1.51. The molecule has 0 spiro atoms. The average molecular weight is 544 g/mol. The fourth-order valence-electron chi connectivity index (χ4n) is 4.35. The van der Waals surface area contributed by atoms with Crippen molar-refractivity contribution in [1.82, 2.24) is 9.80 Å². The van der Waals surface area contributed by atoms with Gasteiger partial charge in [-0.05, 0) is 59.7 Å². The fourth-order valence-corrected chi connectivity index (χ4v) is 5.47. The van der Waals surface area contributed by atoms with E-state index in [1.807, 2.05) is 18.4 Å². The van der Waals surface area contributed by atoms with Crippen LogP contribution in [0.3, 0.4) is 0 Å². The molecule has 3 amide bonds. The van der Waals surface area contributed by atoms with E-state index >= 15 is 0 Å². The van der Waals surface area contributed by atoms with Crippen LogP contribution in [0.25, 0.3) is 0 Å². The van der Waals surface area contributed by atoms with Gasteiger partial charge in [-0.3, -0.25) is 4.79 Å². The van der Waals surface area contributed by atoms with Crippen molar-refractivity contribution in [1.29, 1.82) is 0 Å². The van der Waals surface area contributed by atoms with Crippen LogP contribution in [0.4, 0.5) is 14.9 Å². The SMILES string of the molecule is CC[C@H](C)CN(CC(=O)N1CCc2sccc2[C@@H]1COc1ccccc1F)C(=O)Nc1cccc(Cl)c1. The second kappa shape index (κ2) is 12.4. The topological polar surface area (TPSA) is 61.9 Å². The molecule has 3 aromatic rings. The van der Waals surface area contributed by atoms with Gasteiger partial charge in [0.15, 0.2) is 11.6 Å². The number of fused-ring (bicyclic) bond motifs is 1. The maximum Gasteiger partial charge on any atom is 0.322 e. The lowest BCUT2D eigenvalue weighted by Crippen LogP contribution is -2.49. The van der Waals surface area contributed by atoms with Gasteiger partial charge >= 0.3 is 6.03 Å². The van der Waals surface area contributed by atoms with Crippen LogP contribution in [0.1, 0.15) is 36.8 Å². The van der Waals surface area contributed by atoms with Gasteiger partial charge in [0.1, 0.15) is 13.2 Å². The van der Waals surface area contributed by atoms with Crippen molar-refractivity contribution < 1.29 is 18.7 Å². The van der Waals surface area contributed by atoms with Gasteiger partial charge < -0.3 is 19.9 Å². The smallest absolute Gasteiger partial charge is 0.322 e. The number of hydrogen-bond donors (Lipinski definition) is 1. The van der Waals surface area contributed by atoms with E-state index in [-0.39, 0.29) is 42.8 Å². The predicted octanol–water partition coefficient (Wildman–Crippen LogP) is 6.63. The Morgan fingerprint density at radius 1 is 1.24 bits per heavy atom. The lowest BCUT2D eigenvalue weighted by atomic mass is 10.00. The molecule has 2 aromatic carbocycles. The molecule has 196 valence electrons. The molecule has 0 bridgehead atoms. The number of thiophene rings is 1. The quantitative estimate of drug-likeness (QED) is 0.329. The van der Waals surface area contributed by atoms with Gasteiger partial charge in [-0.2, -0.15) is 0 Å². The summed E-state index contributed by atoms with van der Waals surface area (Å²) in [7, 11) is 0. The van der Waals surface area contributed by atoms with Crippen molar-refractivity contribution in [2.45, 2.75) is 32.7 Å². The number of carbonyl (C=O) groups excluding carboxylic acids is 2. The van der Waals surface area contributed by atoms with Crippen molar-refractivity contribution in [3.63, 3.8) is 0 Å². The molecule has 37 heavy (non-hydrogen) atoms. The van der Waals surface area contributed by atoms with E-state index < -0.39 is 5.82 Å². The second-order valence-corrected chi connectivity index (χ2v) is 10.7. The summed E-state index contributed by atoms with van der Waals surface area (Å²) in [6.45, 7) is 5.09. The Morgan fingerprint density at radius 3 is 2.81 bits per heavy atom. The molecule has 0 unspecified atom stereocenters. The number of ether oxygens (including phenoxy) is 1. The fraction of sp³-hybridized carbons (Fsp3) is 0.357. The number of benzene rings is 2. The van der Waals surface area contributed by atoms with Crippen molar-refractivity contribution in [2.75, 3.05) is 31.6 Å². The first-order valence-electron chi connectivity index (χ1n) is 12.4. The number of carbonyl (C=O) groups is 2. The normalized spacial score (nSPS) is 15.6. The summed E-state index contributed by atoms with van der Waals surface area (Å²) in [6, 6.07) is 14.4. The average Bonchev–Trinajstić information content (AvgIpc) is 3.36. The van der Waals surface area contributed by atoms with Crippen molar-refractivity contribution >= 4 is 40.6 Å². The zero-order chi connectivity index (χ0) is 26.4. The van der Waals surface area contributed by atoms with E-state index in [2.05, 4.69) is 12.2 Å². The molecule has 1 aliphatic heterocycles. The molecule has 2 atom stereocenters. The molecule has 0 radical (unpaired) electrons. The minimum absolute atomic E-state index is 0.0770. The number of hydrogen-bond acceptors (Lipinski definition) is 4. The van der Waals surface area contributed by atoms with E-state index in [1.54, 1.807) is 63.6 Å². The molecule has 1 N–H and O–H groups in total. The van der Waals surface area contributed by atoms with Gasteiger partial charge in [0.2, 0.25) is 5.91 Å². The summed E-state index contributed by atoms with van der Waals surface area (Å²) < 4.78 is 20.0. The van der Waals surface area contributed by atoms with Crippen molar-refractivity contribution in [2.24, 2.45) is 5.92 Å². The lowest BCUT2D eigenvalue weighted by molar-refractivity contribution is -0.135. The highest BCUT2D eigenvalue weighted by Gasteiger charge is 2.34. The van der Waals surface area contributed by atoms with Crippen molar-refractivity contribution in [3.8, 4) is 5.75 Å². The van der Waals surface area contributed by atoms with E-state index in [9.17, 15) is 14.0 Å². The van der Waals surface area contributed by atoms with Crippen LogP contribution in [-0.2, 0) is 11.2 Å². The molecule has 0 saturated heterocycles. The number of amides is 3. The second-order valence-electron chi connectivity index (χ2n) is 9.23.